The number of hydrogen-bond donors (Lipinski definition) is 1. The molecule has 1 aliphatic carbocycles. The molecule has 0 saturated heterocycles. The van der Waals surface area contributed by atoms with Crippen LogP contribution in [0.3, 0.4) is 0 Å². The second kappa shape index (κ2) is 3.94. The van der Waals surface area contributed by atoms with Gasteiger partial charge in [0.05, 0.1) is 5.60 Å². The average molecular weight is 209 g/mol. The van der Waals surface area contributed by atoms with Gasteiger partial charge in [0.15, 0.2) is 0 Å². The Balaban J connectivity index is 2.03. The summed E-state index contributed by atoms with van der Waals surface area (Å²) in [6.07, 6.45) is 7.92. The molecular formula is C11H19N3O. The number of aromatic nitrogens is 2. The van der Waals surface area contributed by atoms with Crippen molar-refractivity contribution in [3.63, 3.8) is 0 Å². The maximum absolute atomic E-state index is 6.21. The normalized spacial score (nSPS) is 21.0. The molecule has 15 heavy (non-hydrogen) atoms. The molecule has 84 valence electrons. The van der Waals surface area contributed by atoms with Crippen molar-refractivity contribution in [2.75, 3.05) is 7.11 Å². The van der Waals surface area contributed by atoms with Crippen LogP contribution in [0.1, 0.15) is 25.1 Å². The van der Waals surface area contributed by atoms with E-state index >= 15 is 0 Å². The largest absolute Gasteiger partial charge is 0.377 e. The van der Waals surface area contributed by atoms with Gasteiger partial charge in [0.2, 0.25) is 0 Å². The number of imidazole rings is 1. The highest BCUT2D eigenvalue weighted by Crippen LogP contribution is 2.38. The van der Waals surface area contributed by atoms with Crippen LogP contribution < -0.4 is 5.73 Å². The van der Waals surface area contributed by atoms with Gasteiger partial charge in [-0.05, 0) is 19.3 Å². The number of nitrogens with two attached hydrogens (primary N) is 1. The minimum absolute atomic E-state index is 0.0531. The third-order valence-corrected chi connectivity index (χ3v) is 3.61. The topological polar surface area (TPSA) is 53.1 Å². The van der Waals surface area contributed by atoms with Crippen molar-refractivity contribution in [3.8, 4) is 0 Å². The second-order valence-corrected chi connectivity index (χ2v) is 4.39. The summed E-state index contributed by atoms with van der Waals surface area (Å²) in [4.78, 5) is 4.29. The molecule has 1 unspecified atom stereocenters. The Morgan fingerprint density at radius 1 is 1.67 bits per heavy atom. The van der Waals surface area contributed by atoms with Crippen LogP contribution in [0, 0.1) is 0 Å². The number of ether oxygens (including phenoxy) is 1. The van der Waals surface area contributed by atoms with Crippen LogP contribution in [-0.2, 0) is 18.2 Å². The molecule has 1 aromatic rings. The fourth-order valence-electron chi connectivity index (χ4n) is 2.23. The van der Waals surface area contributed by atoms with Crippen LogP contribution >= 0.6 is 0 Å². The third kappa shape index (κ3) is 1.79. The molecule has 2 rings (SSSR count). The Labute approximate surface area is 90.4 Å². The fourth-order valence-corrected chi connectivity index (χ4v) is 2.23. The Kier molecular flexibility index (Phi) is 2.80. The van der Waals surface area contributed by atoms with Crippen molar-refractivity contribution in [1.29, 1.82) is 0 Å². The zero-order valence-corrected chi connectivity index (χ0v) is 9.44. The first-order valence-corrected chi connectivity index (χ1v) is 5.45. The predicted octanol–water partition coefficient (Wildman–Crippen LogP) is 0.859. The minimum atomic E-state index is -0.0913. The van der Waals surface area contributed by atoms with E-state index in [1.54, 1.807) is 7.11 Å². The predicted molar refractivity (Wildman–Crippen MR) is 58.5 cm³/mol. The fraction of sp³-hybridized carbons (Fsp3) is 0.727. The van der Waals surface area contributed by atoms with Crippen LogP contribution in [0.15, 0.2) is 12.4 Å². The van der Waals surface area contributed by atoms with Gasteiger partial charge in [0.25, 0.3) is 0 Å². The summed E-state index contributed by atoms with van der Waals surface area (Å²) in [5.74, 6) is 1.03. The van der Waals surface area contributed by atoms with Crippen molar-refractivity contribution in [2.45, 2.75) is 37.3 Å². The lowest BCUT2D eigenvalue weighted by molar-refractivity contribution is -0.0901. The molecule has 1 aliphatic rings. The van der Waals surface area contributed by atoms with E-state index in [4.69, 9.17) is 10.5 Å². The highest BCUT2D eigenvalue weighted by atomic mass is 16.5. The van der Waals surface area contributed by atoms with E-state index < -0.39 is 0 Å². The lowest BCUT2D eigenvalue weighted by Gasteiger charge is -2.44. The van der Waals surface area contributed by atoms with E-state index in [0.717, 1.165) is 25.1 Å². The van der Waals surface area contributed by atoms with Gasteiger partial charge in [-0.15, -0.1) is 0 Å². The molecule has 0 aromatic carbocycles. The first-order valence-electron chi connectivity index (χ1n) is 5.45. The van der Waals surface area contributed by atoms with Gasteiger partial charge in [-0.1, -0.05) is 0 Å². The molecule has 0 aliphatic heterocycles. The molecule has 1 fully saturated rings. The van der Waals surface area contributed by atoms with Gasteiger partial charge < -0.3 is 15.0 Å². The van der Waals surface area contributed by atoms with Crippen molar-refractivity contribution < 1.29 is 4.74 Å². The van der Waals surface area contributed by atoms with Gasteiger partial charge in [-0.2, -0.15) is 0 Å². The Morgan fingerprint density at radius 3 is 2.80 bits per heavy atom. The summed E-state index contributed by atoms with van der Waals surface area (Å²) in [6.45, 7) is 0. The van der Waals surface area contributed by atoms with Gasteiger partial charge in [-0.25, -0.2) is 4.98 Å². The third-order valence-electron chi connectivity index (χ3n) is 3.61. The van der Waals surface area contributed by atoms with Crippen LogP contribution in [0.5, 0.6) is 0 Å². The summed E-state index contributed by atoms with van der Waals surface area (Å²) in [7, 11) is 3.76. The van der Waals surface area contributed by atoms with E-state index in [9.17, 15) is 0 Å². The summed E-state index contributed by atoms with van der Waals surface area (Å²) in [5, 5.41) is 0. The van der Waals surface area contributed by atoms with Crippen LogP contribution in [0.2, 0.25) is 0 Å². The Bertz CT molecular complexity index is 325. The van der Waals surface area contributed by atoms with E-state index in [1.165, 1.54) is 6.42 Å². The zero-order chi connectivity index (χ0) is 10.9. The molecule has 1 aromatic heterocycles. The molecule has 2 N–H and O–H groups in total. The van der Waals surface area contributed by atoms with Crippen LogP contribution in [-0.4, -0.2) is 28.3 Å². The zero-order valence-electron chi connectivity index (χ0n) is 9.44. The summed E-state index contributed by atoms with van der Waals surface area (Å²) < 4.78 is 7.58. The van der Waals surface area contributed by atoms with E-state index in [2.05, 4.69) is 4.98 Å². The summed E-state index contributed by atoms with van der Waals surface area (Å²) in [5.41, 5.74) is 6.11. The molecule has 1 heterocycles. The van der Waals surface area contributed by atoms with Gasteiger partial charge in [-0.3, -0.25) is 0 Å². The average Bonchev–Trinajstić information content (AvgIpc) is 2.51. The lowest BCUT2D eigenvalue weighted by atomic mass is 9.73. The lowest BCUT2D eigenvalue weighted by Crippen LogP contribution is -2.55. The maximum atomic E-state index is 6.21. The molecule has 4 heteroatoms. The molecule has 0 spiro atoms. The molecule has 0 amide bonds. The number of nitrogens with zero attached hydrogens (tertiary/aromatic N) is 2. The number of methoxy groups -OCH3 is 1. The number of rotatable bonds is 4. The molecule has 1 saturated carbocycles. The quantitative estimate of drug-likeness (QED) is 0.800. The standard InChI is InChI=1S/C11H19N3O/c1-14-7-6-13-10(14)8-9(12)11(15-2)4-3-5-11/h6-7,9H,3-5,8,12H2,1-2H3. The van der Waals surface area contributed by atoms with Gasteiger partial charge in [0, 0.05) is 39.0 Å². The van der Waals surface area contributed by atoms with E-state index in [-0.39, 0.29) is 11.6 Å². The highest BCUT2D eigenvalue weighted by molar-refractivity contribution is 5.04. The van der Waals surface area contributed by atoms with Gasteiger partial charge >= 0.3 is 0 Å². The number of hydrogen-bond acceptors (Lipinski definition) is 3. The van der Waals surface area contributed by atoms with Crippen molar-refractivity contribution >= 4 is 0 Å². The first-order chi connectivity index (χ1) is 7.18. The monoisotopic (exact) mass is 209 g/mol. The Morgan fingerprint density at radius 2 is 2.40 bits per heavy atom. The molecule has 0 radical (unpaired) electrons. The maximum Gasteiger partial charge on any atom is 0.110 e. The van der Waals surface area contributed by atoms with Crippen molar-refractivity contribution in [2.24, 2.45) is 12.8 Å². The van der Waals surface area contributed by atoms with Crippen LogP contribution in [0.25, 0.3) is 0 Å². The van der Waals surface area contributed by atoms with Crippen molar-refractivity contribution in [3.05, 3.63) is 18.2 Å². The molecular weight excluding hydrogens is 190 g/mol. The number of aryl methyl sites for hydroxylation is 1. The van der Waals surface area contributed by atoms with Gasteiger partial charge in [0.1, 0.15) is 5.82 Å². The van der Waals surface area contributed by atoms with E-state index in [0.29, 0.717) is 0 Å². The second-order valence-electron chi connectivity index (χ2n) is 4.39. The van der Waals surface area contributed by atoms with Crippen molar-refractivity contribution in [1.82, 2.24) is 9.55 Å². The highest BCUT2D eigenvalue weighted by Gasteiger charge is 2.42. The smallest absolute Gasteiger partial charge is 0.110 e. The molecule has 4 nitrogen and oxygen atoms in total. The molecule has 0 bridgehead atoms. The molecule has 1 atom stereocenters. The SMILES string of the molecule is COC1(C(N)Cc2nccn2C)CCC1. The summed E-state index contributed by atoms with van der Waals surface area (Å²) in [6, 6.07) is 0.0531. The first kappa shape index (κ1) is 10.6. The summed E-state index contributed by atoms with van der Waals surface area (Å²) >= 11 is 0. The van der Waals surface area contributed by atoms with Crippen LogP contribution in [0.4, 0.5) is 0 Å². The van der Waals surface area contributed by atoms with E-state index in [1.807, 2.05) is 24.0 Å². The minimum Gasteiger partial charge on any atom is -0.377 e. The Hall–Kier alpha value is -0.870.